The number of hydrogen-bond donors (Lipinski definition) is 1. The Morgan fingerprint density at radius 1 is 1.19 bits per heavy atom. The molecule has 0 bridgehead atoms. The Labute approximate surface area is 183 Å². The number of hydrogen-bond acceptors (Lipinski definition) is 4. The second-order valence-corrected chi connectivity index (χ2v) is 8.13. The smallest absolute Gasteiger partial charge is 0.249 e. The molecule has 6 heteroatoms. The molecular formula is C25H31N3O3. The molecule has 1 unspecified atom stereocenters. The standard InChI is InChI=1S/C25H31N3O3/c1-18-8-5-9-19(2)24(18)31-17-7-15-28-21-11-4-3-10-20(21)27-23(28)13-14-26-25(29)22-12-6-16-30-22/h3-5,8-11,22H,6-7,12-17H2,1-2H3,(H,26,29). The largest absolute Gasteiger partial charge is 0.493 e. The van der Waals surface area contributed by atoms with E-state index in [-0.39, 0.29) is 12.0 Å². The molecule has 1 atom stereocenters. The topological polar surface area (TPSA) is 65.4 Å². The fourth-order valence-electron chi connectivity index (χ4n) is 4.19. The Hall–Kier alpha value is -2.86. The molecular weight excluding hydrogens is 390 g/mol. The number of carbonyl (C=O) groups is 1. The van der Waals surface area contributed by atoms with Crippen LogP contribution in [0.5, 0.6) is 5.75 Å². The van der Waals surface area contributed by atoms with Crippen LogP contribution in [0.2, 0.25) is 0 Å². The summed E-state index contributed by atoms with van der Waals surface area (Å²) in [6.07, 6.45) is 3.04. The van der Waals surface area contributed by atoms with Gasteiger partial charge in [-0.2, -0.15) is 0 Å². The van der Waals surface area contributed by atoms with E-state index in [1.807, 2.05) is 18.2 Å². The number of para-hydroxylation sites is 3. The number of nitrogens with zero attached hydrogens (tertiary/aromatic N) is 2. The molecule has 1 saturated heterocycles. The number of rotatable bonds is 9. The molecule has 0 radical (unpaired) electrons. The monoisotopic (exact) mass is 421 g/mol. The predicted molar refractivity (Wildman–Crippen MR) is 121 cm³/mol. The van der Waals surface area contributed by atoms with Gasteiger partial charge in [-0.15, -0.1) is 0 Å². The Balaban J connectivity index is 1.37. The highest BCUT2D eigenvalue weighted by Crippen LogP contribution is 2.23. The molecule has 1 aliphatic rings. The lowest BCUT2D eigenvalue weighted by atomic mass is 10.1. The van der Waals surface area contributed by atoms with Gasteiger partial charge in [0.2, 0.25) is 5.91 Å². The molecule has 1 aliphatic heterocycles. The zero-order valence-electron chi connectivity index (χ0n) is 18.4. The van der Waals surface area contributed by atoms with Gasteiger partial charge in [0.1, 0.15) is 17.7 Å². The normalized spacial score (nSPS) is 16.0. The van der Waals surface area contributed by atoms with Crippen LogP contribution in [-0.4, -0.2) is 41.3 Å². The third-order valence-electron chi connectivity index (χ3n) is 5.78. The fourth-order valence-corrected chi connectivity index (χ4v) is 4.19. The lowest BCUT2D eigenvalue weighted by molar-refractivity contribution is -0.130. The van der Waals surface area contributed by atoms with Gasteiger partial charge in [-0.25, -0.2) is 4.98 Å². The maximum Gasteiger partial charge on any atom is 0.249 e. The first-order valence-corrected chi connectivity index (χ1v) is 11.2. The van der Waals surface area contributed by atoms with Gasteiger partial charge in [0.15, 0.2) is 0 Å². The van der Waals surface area contributed by atoms with Crippen LogP contribution in [0.15, 0.2) is 42.5 Å². The van der Waals surface area contributed by atoms with Crippen LogP contribution >= 0.6 is 0 Å². The van der Waals surface area contributed by atoms with E-state index >= 15 is 0 Å². The summed E-state index contributed by atoms with van der Waals surface area (Å²) in [5, 5.41) is 3.00. The second-order valence-electron chi connectivity index (χ2n) is 8.13. The van der Waals surface area contributed by atoms with Gasteiger partial charge in [0.25, 0.3) is 0 Å². The highest BCUT2D eigenvalue weighted by Gasteiger charge is 2.23. The fraction of sp³-hybridized carbons (Fsp3) is 0.440. The molecule has 1 aromatic heterocycles. The maximum absolute atomic E-state index is 12.2. The Morgan fingerprint density at radius 3 is 2.77 bits per heavy atom. The van der Waals surface area contributed by atoms with Crippen LogP contribution in [0.3, 0.4) is 0 Å². The van der Waals surface area contributed by atoms with Crippen LogP contribution in [0, 0.1) is 13.8 Å². The van der Waals surface area contributed by atoms with Crippen LogP contribution in [0.1, 0.15) is 36.2 Å². The lowest BCUT2D eigenvalue weighted by Gasteiger charge is -2.14. The van der Waals surface area contributed by atoms with E-state index in [0.717, 1.165) is 59.5 Å². The van der Waals surface area contributed by atoms with Gasteiger partial charge in [-0.3, -0.25) is 4.79 Å². The van der Waals surface area contributed by atoms with Crippen LogP contribution in [0.4, 0.5) is 0 Å². The van der Waals surface area contributed by atoms with Crippen molar-refractivity contribution in [2.45, 2.75) is 52.2 Å². The van der Waals surface area contributed by atoms with Crippen molar-refractivity contribution in [2.75, 3.05) is 19.8 Å². The number of carbonyl (C=O) groups excluding carboxylic acids is 1. The van der Waals surface area contributed by atoms with Crippen molar-refractivity contribution in [3.05, 3.63) is 59.4 Å². The van der Waals surface area contributed by atoms with E-state index in [9.17, 15) is 4.79 Å². The predicted octanol–water partition coefficient (Wildman–Crippen LogP) is 3.96. The molecule has 0 saturated carbocycles. The summed E-state index contributed by atoms with van der Waals surface area (Å²) >= 11 is 0. The van der Waals surface area contributed by atoms with Gasteiger partial charge in [-0.1, -0.05) is 30.3 Å². The van der Waals surface area contributed by atoms with E-state index in [1.54, 1.807) is 0 Å². The zero-order chi connectivity index (χ0) is 21.6. The molecule has 4 rings (SSSR count). The first-order chi connectivity index (χ1) is 15.1. The molecule has 2 heterocycles. The summed E-state index contributed by atoms with van der Waals surface area (Å²) in [7, 11) is 0. The zero-order valence-corrected chi connectivity index (χ0v) is 18.4. The van der Waals surface area contributed by atoms with Crippen LogP contribution in [-0.2, 0) is 22.5 Å². The van der Waals surface area contributed by atoms with Gasteiger partial charge >= 0.3 is 0 Å². The average molecular weight is 422 g/mol. The minimum atomic E-state index is -0.291. The number of imidazole rings is 1. The number of aryl methyl sites for hydroxylation is 3. The SMILES string of the molecule is Cc1cccc(C)c1OCCCn1c(CCNC(=O)C2CCCO2)nc2ccccc21. The van der Waals surface area contributed by atoms with Crippen molar-refractivity contribution in [1.82, 2.24) is 14.9 Å². The Kier molecular flexibility index (Phi) is 6.87. The van der Waals surface area contributed by atoms with Crippen LogP contribution in [0.25, 0.3) is 11.0 Å². The van der Waals surface area contributed by atoms with Gasteiger partial charge in [0, 0.05) is 26.1 Å². The van der Waals surface area contributed by atoms with Gasteiger partial charge in [0.05, 0.1) is 17.6 Å². The number of nitrogens with one attached hydrogen (secondary N) is 1. The Morgan fingerprint density at radius 2 is 2.00 bits per heavy atom. The molecule has 6 nitrogen and oxygen atoms in total. The molecule has 3 aromatic rings. The van der Waals surface area contributed by atoms with E-state index in [4.69, 9.17) is 14.5 Å². The molecule has 31 heavy (non-hydrogen) atoms. The minimum absolute atomic E-state index is 0.0119. The van der Waals surface area contributed by atoms with Crippen molar-refractivity contribution < 1.29 is 14.3 Å². The van der Waals surface area contributed by atoms with Crippen molar-refractivity contribution >= 4 is 16.9 Å². The number of ether oxygens (including phenoxy) is 2. The molecule has 1 fully saturated rings. The summed E-state index contributed by atoms with van der Waals surface area (Å²) in [5.74, 6) is 1.96. The number of amides is 1. The third kappa shape index (κ3) is 5.07. The van der Waals surface area contributed by atoms with Crippen molar-refractivity contribution in [2.24, 2.45) is 0 Å². The number of aromatic nitrogens is 2. The van der Waals surface area contributed by atoms with Crippen molar-refractivity contribution in [3.63, 3.8) is 0 Å². The maximum atomic E-state index is 12.2. The van der Waals surface area contributed by atoms with Gasteiger partial charge in [-0.05, 0) is 56.4 Å². The highest BCUT2D eigenvalue weighted by molar-refractivity contribution is 5.81. The van der Waals surface area contributed by atoms with E-state index in [0.29, 0.717) is 26.2 Å². The number of fused-ring (bicyclic) bond motifs is 1. The van der Waals surface area contributed by atoms with E-state index in [1.165, 1.54) is 0 Å². The summed E-state index contributed by atoms with van der Waals surface area (Å²) in [5.41, 5.74) is 4.43. The van der Waals surface area contributed by atoms with Crippen molar-refractivity contribution in [3.8, 4) is 5.75 Å². The Bertz CT molecular complexity index is 1020. The van der Waals surface area contributed by atoms with E-state index < -0.39 is 0 Å². The highest BCUT2D eigenvalue weighted by atomic mass is 16.5. The molecule has 1 amide bonds. The summed E-state index contributed by atoms with van der Waals surface area (Å²) in [6.45, 7) is 6.86. The average Bonchev–Trinajstić information content (AvgIpc) is 3.41. The quantitative estimate of drug-likeness (QED) is 0.531. The van der Waals surface area contributed by atoms with Crippen molar-refractivity contribution in [1.29, 1.82) is 0 Å². The second kappa shape index (κ2) is 9.96. The summed E-state index contributed by atoms with van der Waals surface area (Å²) in [6, 6.07) is 14.4. The first kappa shape index (κ1) is 21.4. The molecule has 1 N–H and O–H groups in total. The minimum Gasteiger partial charge on any atom is -0.493 e. The molecule has 0 spiro atoms. The third-order valence-corrected chi connectivity index (χ3v) is 5.78. The molecule has 0 aliphatic carbocycles. The molecule has 2 aromatic carbocycles. The molecule has 164 valence electrons. The van der Waals surface area contributed by atoms with Gasteiger partial charge < -0.3 is 19.4 Å². The lowest BCUT2D eigenvalue weighted by Crippen LogP contribution is -2.35. The van der Waals surface area contributed by atoms with E-state index in [2.05, 4.69) is 48.0 Å². The number of benzene rings is 2. The van der Waals surface area contributed by atoms with Crippen LogP contribution < -0.4 is 10.1 Å². The summed E-state index contributed by atoms with van der Waals surface area (Å²) in [4.78, 5) is 17.0. The summed E-state index contributed by atoms with van der Waals surface area (Å²) < 4.78 is 13.8. The first-order valence-electron chi connectivity index (χ1n) is 11.2.